The van der Waals surface area contributed by atoms with E-state index < -0.39 is 23.7 Å². The number of esters is 1. The lowest BCUT2D eigenvalue weighted by Crippen LogP contribution is -2.17. The first-order valence-corrected chi connectivity index (χ1v) is 8.49. The van der Waals surface area contributed by atoms with Crippen molar-refractivity contribution in [3.8, 4) is 5.75 Å². The molecule has 0 aliphatic carbocycles. The summed E-state index contributed by atoms with van der Waals surface area (Å²) in [5.41, 5.74) is -0.00214. The standard InChI is InChI=1S/C21H17F2NO5/c1-27-19-8-13-6-4-3-5-12(13)7-14(19)11-29-21(26)24-18-10-17(23)16(22)9-15(18)20(25)28-2/h3-10H,11H2,1-2H3,(H,24,26). The molecule has 0 saturated carbocycles. The van der Waals surface area contributed by atoms with Gasteiger partial charge in [-0.2, -0.15) is 0 Å². The molecule has 1 amide bonds. The molecular weight excluding hydrogens is 384 g/mol. The molecule has 0 aromatic heterocycles. The van der Waals surface area contributed by atoms with Gasteiger partial charge in [0.2, 0.25) is 0 Å². The molecule has 0 aliphatic rings. The lowest BCUT2D eigenvalue weighted by atomic mass is 10.1. The zero-order chi connectivity index (χ0) is 21.0. The minimum Gasteiger partial charge on any atom is -0.496 e. The van der Waals surface area contributed by atoms with E-state index in [9.17, 15) is 18.4 Å². The summed E-state index contributed by atoms with van der Waals surface area (Å²) in [6.45, 7) is -0.142. The minimum absolute atomic E-state index is 0.142. The van der Waals surface area contributed by atoms with E-state index in [0.717, 1.165) is 17.9 Å². The van der Waals surface area contributed by atoms with Crippen LogP contribution < -0.4 is 10.1 Å². The lowest BCUT2D eigenvalue weighted by Gasteiger charge is -2.13. The van der Waals surface area contributed by atoms with Gasteiger partial charge < -0.3 is 14.2 Å². The van der Waals surface area contributed by atoms with Crippen LogP contribution in [0.4, 0.5) is 19.3 Å². The quantitative estimate of drug-likeness (QED) is 0.630. The number of nitrogens with one attached hydrogen (secondary N) is 1. The molecular formula is C21H17F2NO5. The molecule has 0 saturated heterocycles. The fraction of sp³-hybridized carbons (Fsp3) is 0.143. The molecule has 3 aromatic rings. The number of carbonyl (C=O) groups excluding carboxylic acids is 2. The Morgan fingerprint density at radius 3 is 2.28 bits per heavy atom. The first kappa shape index (κ1) is 20.1. The highest BCUT2D eigenvalue weighted by Crippen LogP contribution is 2.27. The van der Waals surface area contributed by atoms with Crippen molar-refractivity contribution in [1.82, 2.24) is 0 Å². The van der Waals surface area contributed by atoms with Gasteiger partial charge in [0.1, 0.15) is 12.4 Å². The van der Waals surface area contributed by atoms with Crippen molar-refractivity contribution in [2.24, 2.45) is 0 Å². The van der Waals surface area contributed by atoms with E-state index in [1.807, 2.05) is 36.4 Å². The topological polar surface area (TPSA) is 73.9 Å². The molecule has 0 atom stereocenters. The van der Waals surface area contributed by atoms with Crippen LogP contribution in [0.25, 0.3) is 10.8 Å². The highest BCUT2D eigenvalue weighted by molar-refractivity contribution is 5.99. The average Bonchev–Trinajstić information content (AvgIpc) is 2.73. The molecule has 6 nitrogen and oxygen atoms in total. The van der Waals surface area contributed by atoms with Crippen molar-refractivity contribution >= 4 is 28.5 Å². The highest BCUT2D eigenvalue weighted by Gasteiger charge is 2.19. The Hall–Kier alpha value is -3.68. The lowest BCUT2D eigenvalue weighted by molar-refractivity contribution is 0.0601. The Balaban J connectivity index is 1.78. The maximum absolute atomic E-state index is 13.5. The molecule has 0 aliphatic heterocycles. The van der Waals surface area contributed by atoms with Gasteiger partial charge in [-0.25, -0.2) is 18.4 Å². The van der Waals surface area contributed by atoms with Crippen LogP contribution >= 0.6 is 0 Å². The average molecular weight is 401 g/mol. The zero-order valence-electron chi connectivity index (χ0n) is 15.6. The van der Waals surface area contributed by atoms with Gasteiger partial charge in [0.15, 0.2) is 11.6 Å². The number of fused-ring (bicyclic) bond motifs is 1. The van der Waals surface area contributed by atoms with E-state index in [4.69, 9.17) is 9.47 Å². The largest absolute Gasteiger partial charge is 0.496 e. The minimum atomic E-state index is -1.25. The third kappa shape index (κ3) is 4.43. The molecule has 0 spiro atoms. The Kier molecular flexibility index (Phi) is 5.92. The van der Waals surface area contributed by atoms with Crippen LogP contribution in [0, 0.1) is 11.6 Å². The Morgan fingerprint density at radius 2 is 1.62 bits per heavy atom. The van der Waals surface area contributed by atoms with Gasteiger partial charge >= 0.3 is 12.1 Å². The van der Waals surface area contributed by atoms with Gasteiger partial charge in [0, 0.05) is 11.6 Å². The number of rotatable bonds is 5. The fourth-order valence-corrected chi connectivity index (χ4v) is 2.79. The zero-order valence-corrected chi connectivity index (χ0v) is 15.6. The molecule has 0 bridgehead atoms. The Labute approximate surface area is 165 Å². The van der Waals surface area contributed by atoms with E-state index >= 15 is 0 Å². The van der Waals surface area contributed by atoms with Crippen LogP contribution in [0.2, 0.25) is 0 Å². The number of methoxy groups -OCH3 is 2. The van der Waals surface area contributed by atoms with Gasteiger partial charge in [0.25, 0.3) is 0 Å². The van der Waals surface area contributed by atoms with Gasteiger partial charge in [-0.15, -0.1) is 0 Å². The summed E-state index contributed by atoms with van der Waals surface area (Å²) in [5.74, 6) is -2.88. The van der Waals surface area contributed by atoms with Crippen molar-refractivity contribution in [3.05, 3.63) is 71.3 Å². The monoisotopic (exact) mass is 401 g/mol. The molecule has 3 aromatic carbocycles. The van der Waals surface area contributed by atoms with E-state index in [1.54, 1.807) is 0 Å². The summed E-state index contributed by atoms with van der Waals surface area (Å²) in [6, 6.07) is 12.6. The summed E-state index contributed by atoms with van der Waals surface area (Å²) < 4.78 is 42.0. The number of carbonyl (C=O) groups is 2. The van der Waals surface area contributed by atoms with Crippen molar-refractivity contribution < 1.29 is 32.6 Å². The molecule has 0 fully saturated rings. The molecule has 29 heavy (non-hydrogen) atoms. The third-order valence-electron chi connectivity index (χ3n) is 4.21. The van der Waals surface area contributed by atoms with Gasteiger partial charge in [-0.05, 0) is 29.0 Å². The second kappa shape index (κ2) is 8.55. The molecule has 1 N–H and O–H groups in total. The van der Waals surface area contributed by atoms with E-state index in [2.05, 4.69) is 10.1 Å². The summed E-state index contributed by atoms with van der Waals surface area (Å²) in [7, 11) is 2.58. The highest BCUT2D eigenvalue weighted by atomic mass is 19.2. The van der Waals surface area contributed by atoms with Crippen molar-refractivity contribution in [3.63, 3.8) is 0 Å². The SMILES string of the molecule is COC(=O)c1cc(F)c(F)cc1NC(=O)OCc1cc2ccccc2cc1OC. The number of halogens is 2. The summed E-state index contributed by atoms with van der Waals surface area (Å²) in [4.78, 5) is 23.9. The van der Waals surface area contributed by atoms with Gasteiger partial charge in [-0.3, -0.25) is 5.32 Å². The number of hydrogen-bond acceptors (Lipinski definition) is 5. The first-order chi connectivity index (χ1) is 13.9. The predicted octanol–water partition coefficient (Wildman–Crippen LogP) is 4.66. The molecule has 3 rings (SSSR count). The number of anilines is 1. The van der Waals surface area contributed by atoms with E-state index in [0.29, 0.717) is 23.4 Å². The Morgan fingerprint density at radius 1 is 0.966 bits per heavy atom. The van der Waals surface area contributed by atoms with E-state index in [-0.39, 0.29) is 17.9 Å². The molecule has 8 heteroatoms. The van der Waals surface area contributed by atoms with E-state index in [1.165, 1.54) is 7.11 Å². The van der Waals surface area contributed by atoms with Crippen LogP contribution in [-0.2, 0) is 16.1 Å². The maximum Gasteiger partial charge on any atom is 0.411 e. The van der Waals surface area contributed by atoms with Crippen molar-refractivity contribution in [1.29, 1.82) is 0 Å². The van der Waals surface area contributed by atoms with Crippen molar-refractivity contribution in [2.75, 3.05) is 19.5 Å². The molecule has 0 unspecified atom stereocenters. The number of amides is 1. The Bertz CT molecular complexity index is 1080. The van der Waals surface area contributed by atoms with Crippen molar-refractivity contribution in [2.45, 2.75) is 6.61 Å². The normalized spacial score (nSPS) is 10.5. The summed E-state index contributed by atoms with van der Waals surface area (Å²) >= 11 is 0. The van der Waals surface area contributed by atoms with Crippen LogP contribution in [-0.4, -0.2) is 26.3 Å². The molecule has 0 radical (unpaired) electrons. The van der Waals surface area contributed by atoms with Crippen LogP contribution in [0.15, 0.2) is 48.5 Å². The number of benzene rings is 3. The first-order valence-electron chi connectivity index (χ1n) is 8.49. The molecule has 0 heterocycles. The second-order valence-electron chi connectivity index (χ2n) is 6.02. The predicted molar refractivity (Wildman–Crippen MR) is 102 cm³/mol. The summed E-state index contributed by atoms with van der Waals surface area (Å²) in [5, 5.41) is 4.12. The van der Waals surface area contributed by atoms with Gasteiger partial charge in [-0.1, -0.05) is 24.3 Å². The third-order valence-corrected chi connectivity index (χ3v) is 4.21. The molecule has 150 valence electrons. The number of hydrogen-bond donors (Lipinski definition) is 1. The van der Waals surface area contributed by atoms with Crippen LogP contribution in [0.3, 0.4) is 0 Å². The van der Waals surface area contributed by atoms with Gasteiger partial charge in [0.05, 0.1) is 25.5 Å². The maximum atomic E-state index is 13.5. The van der Waals surface area contributed by atoms with Crippen LogP contribution in [0.5, 0.6) is 5.75 Å². The second-order valence-corrected chi connectivity index (χ2v) is 6.02. The summed E-state index contributed by atoms with van der Waals surface area (Å²) in [6.07, 6.45) is -0.962. The number of ether oxygens (including phenoxy) is 3. The fourth-order valence-electron chi connectivity index (χ4n) is 2.79. The van der Waals surface area contributed by atoms with Crippen LogP contribution in [0.1, 0.15) is 15.9 Å². The smallest absolute Gasteiger partial charge is 0.411 e.